The van der Waals surface area contributed by atoms with Crippen LogP contribution in [0.15, 0.2) is 12.2 Å². The van der Waals surface area contributed by atoms with E-state index in [1.165, 1.54) is 24.8 Å². The van der Waals surface area contributed by atoms with Crippen molar-refractivity contribution in [1.82, 2.24) is 0 Å². The summed E-state index contributed by atoms with van der Waals surface area (Å²) < 4.78 is 0. The molecule has 2 heteroatoms. The molecule has 0 aromatic heterocycles. The monoisotopic (exact) mass is 250 g/mol. The van der Waals surface area contributed by atoms with Gasteiger partial charge in [-0.25, -0.2) is 0 Å². The maximum Gasteiger partial charge on any atom is 0.303 e. The number of carboxylic acid groups (broad SMARTS) is 1. The highest BCUT2D eigenvalue weighted by atomic mass is 16.4. The van der Waals surface area contributed by atoms with E-state index in [0.29, 0.717) is 11.3 Å². The predicted octanol–water partition coefficient (Wildman–Crippen LogP) is 4.26. The Bertz CT molecular complexity index is 369. The Balaban J connectivity index is 2.33. The molecule has 0 aromatic rings. The van der Waals surface area contributed by atoms with Gasteiger partial charge in [0, 0.05) is 0 Å². The van der Waals surface area contributed by atoms with Gasteiger partial charge in [0.1, 0.15) is 0 Å². The van der Waals surface area contributed by atoms with Crippen molar-refractivity contribution in [3.8, 4) is 0 Å². The Morgan fingerprint density at radius 3 is 2.67 bits per heavy atom. The standard InChI is InChI=1S/C16H26O2/c1-11-6-7-13-15(2,3)8-5-9-16(13,4)12(11)10-14(17)18/h12-13H,1,5-10H2,2-4H3,(H,17,18)/t12-,13-,16+/m0/s1. The molecule has 0 heterocycles. The summed E-state index contributed by atoms with van der Waals surface area (Å²) in [6, 6.07) is 0. The van der Waals surface area contributed by atoms with Gasteiger partial charge in [0.2, 0.25) is 0 Å². The van der Waals surface area contributed by atoms with E-state index in [1.54, 1.807) is 0 Å². The van der Waals surface area contributed by atoms with Crippen LogP contribution in [0, 0.1) is 22.7 Å². The van der Waals surface area contributed by atoms with E-state index in [0.717, 1.165) is 12.8 Å². The van der Waals surface area contributed by atoms with E-state index >= 15 is 0 Å². The lowest BCUT2D eigenvalue weighted by atomic mass is 9.47. The molecule has 2 fully saturated rings. The van der Waals surface area contributed by atoms with Crippen molar-refractivity contribution in [2.75, 3.05) is 0 Å². The number of hydrogen-bond donors (Lipinski definition) is 1. The number of aliphatic carboxylic acids is 1. The van der Waals surface area contributed by atoms with Crippen LogP contribution in [-0.2, 0) is 4.79 Å². The van der Waals surface area contributed by atoms with Crippen molar-refractivity contribution in [2.45, 2.75) is 59.3 Å². The second-order valence-corrected chi connectivity index (χ2v) is 7.25. The van der Waals surface area contributed by atoms with E-state index < -0.39 is 5.97 Å². The highest BCUT2D eigenvalue weighted by Gasteiger charge is 2.53. The third kappa shape index (κ3) is 2.10. The summed E-state index contributed by atoms with van der Waals surface area (Å²) in [5, 5.41) is 9.18. The minimum atomic E-state index is -0.675. The fourth-order valence-electron chi connectivity index (χ4n) is 4.83. The molecule has 0 unspecified atom stereocenters. The van der Waals surface area contributed by atoms with Gasteiger partial charge in [-0.1, -0.05) is 39.3 Å². The number of allylic oxidation sites excluding steroid dienone is 1. The molecular formula is C16H26O2. The third-order valence-electron chi connectivity index (χ3n) is 5.70. The fraction of sp³-hybridized carbons (Fsp3) is 0.812. The van der Waals surface area contributed by atoms with Crippen molar-refractivity contribution >= 4 is 5.97 Å². The summed E-state index contributed by atoms with van der Waals surface area (Å²) in [4.78, 5) is 11.2. The van der Waals surface area contributed by atoms with Crippen LogP contribution in [-0.4, -0.2) is 11.1 Å². The van der Waals surface area contributed by atoms with Gasteiger partial charge >= 0.3 is 5.97 Å². The highest BCUT2D eigenvalue weighted by molar-refractivity contribution is 5.67. The van der Waals surface area contributed by atoms with Crippen LogP contribution < -0.4 is 0 Å². The third-order valence-corrected chi connectivity index (χ3v) is 5.70. The normalized spacial score (nSPS) is 39.2. The lowest BCUT2D eigenvalue weighted by Crippen LogP contribution is -2.49. The van der Waals surface area contributed by atoms with Gasteiger partial charge in [0.15, 0.2) is 0 Å². The van der Waals surface area contributed by atoms with Crippen molar-refractivity contribution in [3.63, 3.8) is 0 Å². The fourth-order valence-corrected chi connectivity index (χ4v) is 4.83. The Hall–Kier alpha value is -0.790. The molecule has 2 aliphatic rings. The van der Waals surface area contributed by atoms with Crippen LogP contribution in [0.1, 0.15) is 59.3 Å². The van der Waals surface area contributed by atoms with Crippen molar-refractivity contribution in [2.24, 2.45) is 22.7 Å². The summed E-state index contributed by atoms with van der Waals surface area (Å²) in [6.45, 7) is 11.2. The summed E-state index contributed by atoms with van der Waals surface area (Å²) in [5.41, 5.74) is 1.67. The van der Waals surface area contributed by atoms with Gasteiger partial charge in [-0.3, -0.25) is 4.79 Å². The lowest BCUT2D eigenvalue weighted by Gasteiger charge is -2.57. The zero-order valence-corrected chi connectivity index (χ0v) is 12.0. The molecule has 1 N–H and O–H groups in total. The van der Waals surface area contributed by atoms with Crippen LogP contribution in [0.2, 0.25) is 0 Å². The zero-order chi connectivity index (χ0) is 13.6. The molecule has 0 bridgehead atoms. The van der Waals surface area contributed by atoms with E-state index in [4.69, 9.17) is 0 Å². The number of carboxylic acids is 1. The SMILES string of the molecule is C=C1CC[C@H]2C(C)(C)CCC[C@]2(C)[C@H]1CC(=O)O. The van der Waals surface area contributed by atoms with Crippen molar-refractivity contribution in [1.29, 1.82) is 0 Å². The van der Waals surface area contributed by atoms with E-state index in [2.05, 4.69) is 27.4 Å². The molecule has 102 valence electrons. The predicted molar refractivity (Wildman–Crippen MR) is 73.3 cm³/mol. The summed E-state index contributed by atoms with van der Waals surface area (Å²) in [6.07, 6.45) is 6.14. The van der Waals surface area contributed by atoms with Crippen molar-refractivity contribution < 1.29 is 9.90 Å². The molecule has 0 aliphatic heterocycles. The van der Waals surface area contributed by atoms with E-state index in [1.807, 2.05) is 0 Å². The number of rotatable bonds is 2. The molecule has 0 spiro atoms. The van der Waals surface area contributed by atoms with Crippen LogP contribution in [0.25, 0.3) is 0 Å². The molecule has 0 radical (unpaired) electrons. The van der Waals surface area contributed by atoms with Crippen LogP contribution >= 0.6 is 0 Å². The van der Waals surface area contributed by atoms with Crippen LogP contribution in [0.3, 0.4) is 0 Å². The molecule has 2 nitrogen and oxygen atoms in total. The van der Waals surface area contributed by atoms with E-state index in [9.17, 15) is 9.90 Å². The maximum atomic E-state index is 11.2. The smallest absolute Gasteiger partial charge is 0.303 e. The first-order valence-electron chi connectivity index (χ1n) is 7.17. The van der Waals surface area contributed by atoms with Gasteiger partial charge in [0.25, 0.3) is 0 Å². The molecule has 18 heavy (non-hydrogen) atoms. The average molecular weight is 250 g/mol. The molecule has 0 amide bonds. The van der Waals surface area contributed by atoms with Gasteiger partial charge in [0.05, 0.1) is 6.42 Å². The second kappa shape index (κ2) is 4.40. The quantitative estimate of drug-likeness (QED) is 0.743. The minimum absolute atomic E-state index is 0.148. The van der Waals surface area contributed by atoms with Gasteiger partial charge in [-0.05, 0) is 48.3 Å². The Morgan fingerprint density at radius 2 is 2.06 bits per heavy atom. The van der Waals surface area contributed by atoms with Crippen molar-refractivity contribution in [3.05, 3.63) is 12.2 Å². The molecule has 2 saturated carbocycles. The molecule has 2 rings (SSSR count). The highest BCUT2D eigenvalue weighted by Crippen LogP contribution is 2.61. The Morgan fingerprint density at radius 1 is 1.39 bits per heavy atom. The topological polar surface area (TPSA) is 37.3 Å². The summed E-state index contributed by atoms with van der Waals surface area (Å²) in [7, 11) is 0. The first kappa shape index (κ1) is 13.6. The van der Waals surface area contributed by atoms with Crippen LogP contribution in [0.5, 0.6) is 0 Å². The first-order chi connectivity index (χ1) is 8.27. The van der Waals surface area contributed by atoms with Gasteiger partial charge in [-0.2, -0.15) is 0 Å². The summed E-state index contributed by atoms with van der Waals surface area (Å²) >= 11 is 0. The average Bonchev–Trinajstić information content (AvgIpc) is 2.22. The maximum absolute atomic E-state index is 11.2. The molecule has 3 atom stereocenters. The van der Waals surface area contributed by atoms with E-state index in [-0.39, 0.29) is 17.8 Å². The molecular weight excluding hydrogens is 224 g/mol. The molecule has 2 aliphatic carbocycles. The Labute approximate surface area is 110 Å². The lowest BCUT2D eigenvalue weighted by molar-refractivity contribution is -0.141. The Kier molecular flexibility index (Phi) is 3.33. The van der Waals surface area contributed by atoms with Gasteiger partial charge in [-0.15, -0.1) is 0 Å². The summed E-state index contributed by atoms with van der Waals surface area (Å²) in [5.74, 6) is 0.147. The minimum Gasteiger partial charge on any atom is -0.481 e. The molecule has 0 saturated heterocycles. The first-order valence-corrected chi connectivity index (χ1v) is 7.17. The van der Waals surface area contributed by atoms with Gasteiger partial charge < -0.3 is 5.11 Å². The number of carbonyl (C=O) groups is 1. The number of fused-ring (bicyclic) bond motifs is 1. The largest absolute Gasteiger partial charge is 0.481 e. The van der Waals surface area contributed by atoms with Crippen LogP contribution in [0.4, 0.5) is 0 Å². The molecule has 0 aromatic carbocycles. The zero-order valence-electron chi connectivity index (χ0n) is 12.0. The second-order valence-electron chi connectivity index (χ2n) is 7.25. The number of hydrogen-bond acceptors (Lipinski definition) is 1.